The summed E-state index contributed by atoms with van der Waals surface area (Å²) in [4.78, 5) is 20.6. The van der Waals surface area contributed by atoms with Gasteiger partial charge in [0.2, 0.25) is 0 Å². The number of hydrogen-bond acceptors (Lipinski definition) is 6. The van der Waals surface area contributed by atoms with Crippen molar-refractivity contribution < 1.29 is 18.7 Å². The Kier molecular flexibility index (Phi) is 5.37. The fraction of sp³-hybridized carbons (Fsp3) is 0.0952. The molecule has 0 fully saturated rings. The molecule has 0 bridgehead atoms. The number of methoxy groups -OCH3 is 2. The van der Waals surface area contributed by atoms with Gasteiger partial charge in [0.05, 0.1) is 31.7 Å². The average Bonchev–Trinajstić information content (AvgIpc) is 3.18. The summed E-state index contributed by atoms with van der Waals surface area (Å²) in [7, 11) is 2.75. The Balaban J connectivity index is 1.70. The van der Waals surface area contributed by atoms with E-state index in [0.717, 1.165) is 0 Å². The molecule has 0 amide bonds. The predicted molar refractivity (Wildman–Crippen MR) is 114 cm³/mol. The van der Waals surface area contributed by atoms with E-state index in [1.54, 1.807) is 48.9 Å². The Morgan fingerprint density at radius 2 is 2.00 bits per heavy atom. The number of ether oxygens (including phenoxy) is 2. The molecule has 4 rings (SSSR count). The highest BCUT2D eigenvalue weighted by molar-refractivity contribution is 9.10. The van der Waals surface area contributed by atoms with Crippen LogP contribution in [0.15, 0.2) is 59.5 Å². The highest BCUT2D eigenvalue weighted by Crippen LogP contribution is 2.29. The molecule has 0 aliphatic heterocycles. The van der Waals surface area contributed by atoms with Crippen LogP contribution in [0.5, 0.6) is 5.75 Å². The summed E-state index contributed by atoms with van der Waals surface area (Å²) in [6.45, 7) is 0. The van der Waals surface area contributed by atoms with Crippen LogP contribution in [0.2, 0.25) is 0 Å². The molecule has 0 spiro atoms. The monoisotopic (exact) mass is 470 g/mol. The van der Waals surface area contributed by atoms with E-state index in [4.69, 9.17) is 9.47 Å². The number of esters is 1. The Labute approximate surface area is 179 Å². The lowest BCUT2D eigenvalue weighted by Crippen LogP contribution is -2.03. The van der Waals surface area contributed by atoms with E-state index in [1.807, 2.05) is 4.40 Å². The third-order valence-corrected chi connectivity index (χ3v) is 5.17. The van der Waals surface area contributed by atoms with Gasteiger partial charge < -0.3 is 14.8 Å². The second kappa shape index (κ2) is 8.11. The molecule has 4 aromatic rings. The van der Waals surface area contributed by atoms with Crippen LogP contribution in [0, 0.1) is 5.82 Å². The van der Waals surface area contributed by atoms with Gasteiger partial charge in [-0.15, -0.1) is 0 Å². The van der Waals surface area contributed by atoms with Gasteiger partial charge in [-0.05, 0) is 52.3 Å². The van der Waals surface area contributed by atoms with Crippen molar-refractivity contribution >= 4 is 39.1 Å². The van der Waals surface area contributed by atoms with E-state index < -0.39 is 11.8 Å². The second-order valence-corrected chi connectivity index (χ2v) is 7.13. The summed E-state index contributed by atoms with van der Waals surface area (Å²) < 4.78 is 26.3. The van der Waals surface area contributed by atoms with Gasteiger partial charge in [0, 0.05) is 28.1 Å². The number of rotatable bonds is 5. The van der Waals surface area contributed by atoms with Gasteiger partial charge in [-0.3, -0.25) is 4.40 Å². The van der Waals surface area contributed by atoms with Crippen LogP contribution in [0.4, 0.5) is 15.9 Å². The van der Waals surface area contributed by atoms with Crippen LogP contribution in [0.1, 0.15) is 10.4 Å². The summed E-state index contributed by atoms with van der Waals surface area (Å²) in [5.74, 6) is -0.195. The molecule has 152 valence electrons. The van der Waals surface area contributed by atoms with Crippen LogP contribution >= 0.6 is 15.9 Å². The van der Waals surface area contributed by atoms with Crippen molar-refractivity contribution in [2.24, 2.45) is 0 Å². The Morgan fingerprint density at radius 1 is 1.17 bits per heavy atom. The van der Waals surface area contributed by atoms with Gasteiger partial charge >= 0.3 is 5.97 Å². The number of nitrogens with one attached hydrogen (secondary N) is 1. The summed E-state index contributed by atoms with van der Waals surface area (Å²) in [6, 6.07) is 9.88. The highest BCUT2D eigenvalue weighted by Gasteiger charge is 2.14. The fourth-order valence-corrected chi connectivity index (χ4v) is 3.59. The van der Waals surface area contributed by atoms with Gasteiger partial charge in [-0.1, -0.05) is 0 Å². The summed E-state index contributed by atoms with van der Waals surface area (Å²) in [6.07, 6.45) is 5.03. The van der Waals surface area contributed by atoms with Crippen LogP contribution < -0.4 is 10.1 Å². The lowest BCUT2D eigenvalue weighted by Gasteiger charge is -2.10. The third-order valence-electron chi connectivity index (χ3n) is 4.51. The number of halogens is 2. The zero-order valence-electron chi connectivity index (χ0n) is 16.0. The highest BCUT2D eigenvalue weighted by atomic mass is 79.9. The molecule has 0 atom stereocenters. The molecule has 30 heavy (non-hydrogen) atoms. The standard InChI is InChI=1S/C21H16BrFN4O3/c1-29-18-6-3-12(9-16(18)23)17-11-25-20-19(24-7-8-27(17)20)26-13-4-5-14(15(22)10-13)21(28)30-2/h3-11H,1-2H3,(H,24,26). The maximum Gasteiger partial charge on any atom is 0.339 e. The van der Waals surface area contributed by atoms with Crippen molar-refractivity contribution in [3.05, 3.63) is 70.8 Å². The minimum absolute atomic E-state index is 0.178. The van der Waals surface area contributed by atoms with Crippen LogP contribution in [-0.2, 0) is 4.74 Å². The van der Waals surface area contributed by atoms with Crippen molar-refractivity contribution in [3.63, 3.8) is 0 Å². The van der Waals surface area contributed by atoms with Crippen LogP contribution in [0.3, 0.4) is 0 Å². The summed E-state index contributed by atoms with van der Waals surface area (Å²) >= 11 is 3.38. The van der Waals surface area contributed by atoms with Crippen LogP contribution in [-0.4, -0.2) is 34.6 Å². The smallest absolute Gasteiger partial charge is 0.339 e. The van der Waals surface area contributed by atoms with Crippen molar-refractivity contribution in [2.45, 2.75) is 0 Å². The van der Waals surface area contributed by atoms with E-state index >= 15 is 0 Å². The molecule has 2 aromatic carbocycles. The Morgan fingerprint density at radius 3 is 2.70 bits per heavy atom. The third kappa shape index (κ3) is 3.59. The van der Waals surface area contributed by atoms with Crippen molar-refractivity contribution in [2.75, 3.05) is 19.5 Å². The molecule has 0 radical (unpaired) electrons. The van der Waals surface area contributed by atoms with Crippen molar-refractivity contribution in [1.29, 1.82) is 0 Å². The number of benzene rings is 2. The molecular formula is C21H16BrFN4O3. The predicted octanol–water partition coefficient (Wildman–Crippen LogP) is 4.84. The summed E-state index contributed by atoms with van der Waals surface area (Å²) in [5.41, 5.74) is 3.05. The Hall–Kier alpha value is -3.46. The SMILES string of the molecule is COC(=O)c1ccc(Nc2nccn3c(-c4ccc(OC)c(F)c4)cnc23)cc1Br. The van der Waals surface area contributed by atoms with Crippen LogP contribution in [0.25, 0.3) is 16.9 Å². The van der Waals surface area contributed by atoms with Crippen molar-refractivity contribution in [1.82, 2.24) is 14.4 Å². The molecule has 1 N–H and O–H groups in total. The maximum absolute atomic E-state index is 14.1. The maximum atomic E-state index is 14.1. The number of nitrogens with zero attached hydrogens (tertiary/aromatic N) is 3. The van der Waals surface area contributed by atoms with E-state index in [2.05, 4.69) is 31.2 Å². The largest absolute Gasteiger partial charge is 0.494 e. The Bertz CT molecular complexity index is 1260. The number of carbonyl (C=O) groups excluding carboxylic acids is 1. The molecule has 0 aliphatic rings. The topological polar surface area (TPSA) is 77.8 Å². The minimum atomic E-state index is -0.451. The number of fused-ring (bicyclic) bond motifs is 1. The van der Waals surface area contributed by atoms with E-state index in [1.165, 1.54) is 20.3 Å². The number of carbonyl (C=O) groups is 1. The van der Waals surface area contributed by atoms with Crippen molar-refractivity contribution in [3.8, 4) is 17.0 Å². The first-order chi connectivity index (χ1) is 14.5. The zero-order chi connectivity index (χ0) is 21.3. The van der Waals surface area contributed by atoms with E-state index in [0.29, 0.717) is 38.4 Å². The van der Waals surface area contributed by atoms with Gasteiger partial charge in [0.1, 0.15) is 0 Å². The first kappa shape index (κ1) is 19.8. The minimum Gasteiger partial charge on any atom is -0.494 e. The molecular weight excluding hydrogens is 455 g/mol. The van der Waals surface area contributed by atoms with Gasteiger partial charge in [-0.25, -0.2) is 19.2 Å². The van der Waals surface area contributed by atoms with Gasteiger partial charge in [0.15, 0.2) is 23.0 Å². The number of hydrogen-bond donors (Lipinski definition) is 1. The zero-order valence-corrected chi connectivity index (χ0v) is 17.6. The lowest BCUT2D eigenvalue weighted by molar-refractivity contribution is 0.0599. The summed E-state index contributed by atoms with van der Waals surface area (Å²) in [5, 5.41) is 3.20. The first-order valence-electron chi connectivity index (χ1n) is 8.82. The first-order valence-corrected chi connectivity index (χ1v) is 9.62. The molecule has 2 heterocycles. The number of anilines is 2. The molecule has 7 nitrogen and oxygen atoms in total. The molecule has 0 saturated heterocycles. The van der Waals surface area contributed by atoms with E-state index in [-0.39, 0.29) is 5.75 Å². The number of imidazole rings is 1. The lowest BCUT2D eigenvalue weighted by atomic mass is 10.1. The molecule has 9 heteroatoms. The quantitative estimate of drug-likeness (QED) is 0.420. The second-order valence-electron chi connectivity index (χ2n) is 6.27. The number of aromatic nitrogens is 3. The normalized spacial score (nSPS) is 10.8. The average molecular weight is 471 g/mol. The molecule has 0 aliphatic carbocycles. The van der Waals surface area contributed by atoms with E-state index in [9.17, 15) is 9.18 Å². The fourth-order valence-electron chi connectivity index (χ4n) is 3.05. The molecule has 2 aromatic heterocycles. The molecule has 0 unspecified atom stereocenters. The van der Waals surface area contributed by atoms with Gasteiger partial charge in [0.25, 0.3) is 0 Å². The van der Waals surface area contributed by atoms with Gasteiger partial charge in [-0.2, -0.15) is 0 Å². The molecule has 0 saturated carbocycles.